The molecule has 1 unspecified atom stereocenters. The Balaban J connectivity index is 1.74. The largest absolute Gasteiger partial charge is 0.492 e. The lowest BCUT2D eigenvalue weighted by molar-refractivity contribution is -0.125. The van der Waals surface area contributed by atoms with Gasteiger partial charge in [-0.25, -0.2) is 0 Å². The van der Waals surface area contributed by atoms with Gasteiger partial charge >= 0.3 is 0 Å². The fourth-order valence-corrected chi connectivity index (χ4v) is 3.51. The van der Waals surface area contributed by atoms with Crippen LogP contribution in [0.15, 0.2) is 42.5 Å². The van der Waals surface area contributed by atoms with E-state index in [0.717, 1.165) is 24.2 Å². The van der Waals surface area contributed by atoms with Crippen LogP contribution in [0.5, 0.6) is 11.5 Å². The first-order valence-corrected chi connectivity index (χ1v) is 10.5. The molecule has 3 rings (SSSR count). The van der Waals surface area contributed by atoms with Crippen molar-refractivity contribution in [3.63, 3.8) is 0 Å². The van der Waals surface area contributed by atoms with Crippen LogP contribution < -0.4 is 19.7 Å². The van der Waals surface area contributed by atoms with E-state index in [9.17, 15) is 9.59 Å². The number of ether oxygens (including phenoxy) is 2. The highest BCUT2D eigenvalue weighted by Crippen LogP contribution is 2.36. The molecule has 2 amide bonds. The standard InChI is InChI=1S/C24H30N2O4/c1-5-18(6-2)23(27)25-19-9-12-22-21(15-19)26(24(28)17(4)30-22)13-14-29-20-10-7-16(3)8-11-20/h7-12,15,17-18H,5-6,13-14H2,1-4H3,(H,25,27). The summed E-state index contributed by atoms with van der Waals surface area (Å²) in [4.78, 5) is 26.9. The van der Waals surface area contributed by atoms with Gasteiger partial charge in [-0.3, -0.25) is 9.59 Å². The van der Waals surface area contributed by atoms with Gasteiger partial charge in [0, 0.05) is 11.6 Å². The van der Waals surface area contributed by atoms with Gasteiger partial charge in [-0.1, -0.05) is 31.5 Å². The van der Waals surface area contributed by atoms with Crippen LogP contribution in [0.3, 0.4) is 0 Å². The zero-order valence-corrected chi connectivity index (χ0v) is 18.1. The molecule has 0 radical (unpaired) electrons. The Hall–Kier alpha value is -3.02. The molecule has 0 spiro atoms. The molecule has 2 aromatic carbocycles. The van der Waals surface area contributed by atoms with Crippen molar-refractivity contribution in [3.8, 4) is 11.5 Å². The number of carbonyl (C=O) groups is 2. The molecule has 6 heteroatoms. The van der Waals surface area contributed by atoms with Gasteiger partial charge in [0.15, 0.2) is 6.10 Å². The number of nitrogens with one attached hydrogen (secondary N) is 1. The number of aryl methyl sites for hydroxylation is 1. The third-order valence-electron chi connectivity index (χ3n) is 5.40. The zero-order valence-electron chi connectivity index (χ0n) is 18.1. The minimum absolute atomic E-state index is 0.00868. The molecule has 0 saturated carbocycles. The minimum Gasteiger partial charge on any atom is -0.492 e. The summed E-state index contributed by atoms with van der Waals surface area (Å²) in [5.41, 5.74) is 2.46. The second kappa shape index (κ2) is 9.65. The van der Waals surface area contributed by atoms with Gasteiger partial charge in [0.05, 0.1) is 12.2 Å². The zero-order chi connectivity index (χ0) is 21.7. The van der Waals surface area contributed by atoms with Gasteiger partial charge in [-0.15, -0.1) is 0 Å². The van der Waals surface area contributed by atoms with E-state index in [1.54, 1.807) is 24.0 Å². The summed E-state index contributed by atoms with van der Waals surface area (Å²) in [6, 6.07) is 13.2. The van der Waals surface area contributed by atoms with Gasteiger partial charge in [0.1, 0.15) is 18.1 Å². The Bertz CT molecular complexity index is 891. The summed E-state index contributed by atoms with van der Waals surface area (Å²) in [7, 11) is 0. The Morgan fingerprint density at radius 2 is 1.87 bits per heavy atom. The number of hydrogen-bond donors (Lipinski definition) is 1. The lowest BCUT2D eigenvalue weighted by Crippen LogP contribution is -2.46. The van der Waals surface area contributed by atoms with Crippen LogP contribution >= 0.6 is 0 Å². The Morgan fingerprint density at radius 3 is 2.53 bits per heavy atom. The van der Waals surface area contributed by atoms with Crippen molar-refractivity contribution >= 4 is 23.2 Å². The summed E-state index contributed by atoms with van der Waals surface area (Å²) >= 11 is 0. The van der Waals surface area contributed by atoms with Gasteiger partial charge in [-0.2, -0.15) is 0 Å². The molecule has 160 valence electrons. The third kappa shape index (κ3) is 4.93. The van der Waals surface area contributed by atoms with Gasteiger partial charge in [0.2, 0.25) is 5.91 Å². The highest BCUT2D eigenvalue weighted by atomic mass is 16.5. The number of rotatable bonds is 8. The van der Waals surface area contributed by atoms with E-state index < -0.39 is 6.10 Å². The molecule has 1 heterocycles. The minimum atomic E-state index is -0.568. The fraction of sp³-hybridized carbons (Fsp3) is 0.417. The molecular weight excluding hydrogens is 380 g/mol. The predicted molar refractivity (Wildman–Crippen MR) is 118 cm³/mol. The van der Waals surface area contributed by atoms with Crippen LogP contribution in [0.25, 0.3) is 0 Å². The van der Waals surface area contributed by atoms with Crippen LogP contribution in [0.1, 0.15) is 39.2 Å². The van der Waals surface area contributed by atoms with Gasteiger partial charge in [0.25, 0.3) is 5.91 Å². The van der Waals surface area contributed by atoms with Crippen LogP contribution in [0.4, 0.5) is 11.4 Å². The highest BCUT2D eigenvalue weighted by Gasteiger charge is 2.31. The van der Waals surface area contributed by atoms with E-state index in [-0.39, 0.29) is 17.7 Å². The van der Waals surface area contributed by atoms with Crippen molar-refractivity contribution in [2.45, 2.75) is 46.6 Å². The normalized spacial score (nSPS) is 15.6. The molecule has 1 atom stereocenters. The average Bonchev–Trinajstić information content (AvgIpc) is 2.73. The topological polar surface area (TPSA) is 67.9 Å². The third-order valence-corrected chi connectivity index (χ3v) is 5.40. The highest BCUT2D eigenvalue weighted by molar-refractivity contribution is 6.01. The summed E-state index contributed by atoms with van der Waals surface area (Å²) < 4.78 is 11.6. The van der Waals surface area contributed by atoms with Crippen molar-refractivity contribution in [1.82, 2.24) is 0 Å². The van der Waals surface area contributed by atoms with Crippen LogP contribution in [-0.4, -0.2) is 31.1 Å². The number of carbonyl (C=O) groups excluding carboxylic acids is 2. The Morgan fingerprint density at radius 1 is 1.17 bits per heavy atom. The van der Waals surface area contributed by atoms with E-state index in [2.05, 4.69) is 5.32 Å². The van der Waals surface area contributed by atoms with Gasteiger partial charge in [-0.05, 0) is 57.0 Å². The van der Waals surface area contributed by atoms with Crippen molar-refractivity contribution in [2.75, 3.05) is 23.4 Å². The Labute approximate surface area is 178 Å². The smallest absolute Gasteiger partial charge is 0.267 e. The number of benzene rings is 2. The maximum atomic E-state index is 12.8. The van der Waals surface area contributed by atoms with Crippen molar-refractivity contribution < 1.29 is 19.1 Å². The number of fused-ring (bicyclic) bond motifs is 1. The van der Waals surface area contributed by atoms with Crippen molar-refractivity contribution in [1.29, 1.82) is 0 Å². The summed E-state index contributed by atoms with van der Waals surface area (Å²) in [6.45, 7) is 8.51. The molecule has 0 saturated heterocycles. The maximum Gasteiger partial charge on any atom is 0.267 e. The SMILES string of the molecule is CCC(CC)C(=O)Nc1ccc2c(c1)N(CCOc1ccc(C)cc1)C(=O)C(C)O2. The van der Waals surface area contributed by atoms with E-state index in [1.807, 2.05) is 51.1 Å². The molecular formula is C24H30N2O4. The van der Waals surface area contributed by atoms with Gasteiger partial charge < -0.3 is 19.7 Å². The summed E-state index contributed by atoms with van der Waals surface area (Å²) in [5.74, 6) is 1.22. The van der Waals surface area contributed by atoms with Crippen molar-refractivity contribution in [2.24, 2.45) is 5.92 Å². The average molecular weight is 411 g/mol. The second-order valence-electron chi connectivity index (χ2n) is 7.60. The summed E-state index contributed by atoms with van der Waals surface area (Å²) in [6.07, 6.45) is 1.01. The van der Waals surface area contributed by atoms with Crippen molar-refractivity contribution in [3.05, 3.63) is 48.0 Å². The maximum absolute atomic E-state index is 12.8. The number of nitrogens with zero attached hydrogens (tertiary/aromatic N) is 1. The monoisotopic (exact) mass is 410 g/mol. The van der Waals surface area contributed by atoms with E-state index in [1.165, 1.54) is 0 Å². The van der Waals surface area contributed by atoms with E-state index >= 15 is 0 Å². The van der Waals surface area contributed by atoms with Crippen LogP contribution in [0, 0.1) is 12.8 Å². The predicted octanol–water partition coefficient (Wildman–Crippen LogP) is 4.56. The molecule has 6 nitrogen and oxygen atoms in total. The van der Waals surface area contributed by atoms with Crippen LogP contribution in [-0.2, 0) is 9.59 Å². The first-order valence-electron chi connectivity index (χ1n) is 10.5. The lowest BCUT2D eigenvalue weighted by Gasteiger charge is -2.33. The molecule has 1 aliphatic rings. The molecule has 0 fully saturated rings. The molecule has 0 bridgehead atoms. The number of amides is 2. The Kier molecular flexibility index (Phi) is 6.98. The molecule has 2 aromatic rings. The molecule has 30 heavy (non-hydrogen) atoms. The van der Waals surface area contributed by atoms with E-state index in [0.29, 0.717) is 30.3 Å². The molecule has 0 aromatic heterocycles. The molecule has 1 aliphatic heterocycles. The molecule has 0 aliphatic carbocycles. The molecule has 1 N–H and O–H groups in total. The van der Waals surface area contributed by atoms with E-state index in [4.69, 9.17) is 9.47 Å². The fourth-order valence-electron chi connectivity index (χ4n) is 3.51. The quantitative estimate of drug-likeness (QED) is 0.693. The lowest BCUT2D eigenvalue weighted by atomic mass is 10.0. The number of hydrogen-bond acceptors (Lipinski definition) is 4. The van der Waals surface area contributed by atoms with Crippen LogP contribution in [0.2, 0.25) is 0 Å². The first kappa shape index (κ1) is 21.7. The first-order chi connectivity index (χ1) is 14.4. The second-order valence-corrected chi connectivity index (χ2v) is 7.60. The number of anilines is 2. The summed E-state index contributed by atoms with van der Waals surface area (Å²) in [5, 5.41) is 2.96.